The van der Waals surface area contributed by atoms with Gasteiger partial charge in [-0.2, -0.15) is 0 Å². The fourth-order valence-corrected chi connectivity index (χ4v) is 6.99. The highest BCUT2D eigenvalue weighted by Gasteiger charge is 2.35. The summed E-state index contributed by atoms with van der Waals surface area (Å²) in [4.78, 5) is 30.2. The summed E-state index contributed by atoms with van der Waals surface area (Å²) in [6, 6.07) is 29.7. The molecule has 0 aliphatic carbocycles. The molecule has 4 aromatic rings. The summed E-state index contributed by atoms with van der Waals surface area (Å²) in [7, 11) is -4.15. The van der Waals surface area contributed by atoms with E-state index in [1.54, 1.807) is 24.3 Å². The topological polar surface area (TPSA) is 86.8 Å². The van der Waals surface area contributed by atoms with Crippen molar-refractivity contribution >= 4 is 43.5 Å². The molecule has 4 rings (SSSR count). The Bertz CT molecular complexity index is 1720. The van der Waals surface area contributed by atoms with Gasteiger partial charge in [-0.1, -0.05) is 95.7 Å². The fourth-order valence-electron chi connectivity index (χ4n) is 5.05. The Labute approximate surface area is 275 Å². The predicted molar refractivity (Wildman–Crippen MR) is 183 cm³/mol. The number of sulfonamides is 1. The summed E-state index contributed by atoms with van der Waals surface area (Å²) in [5.41, 5.74) is 3.67. The second-order valence-electron chi connectivity index (χ2n) is 11.3. The Hall–Kier alpha value is -3.95. The molecule has 1 N–H and O–H groups in total. The summed E-state index contributed by atoms with van der Waals surface area (Å²) >= 11 is 3.52. The van der Waals surface area contributed by atoms with Crippen LogP contribution in [-0.4, -0.2) is 43.8 Å². The average molecular weight is 691 g/mol. The second kappa shape index (κ2) is 15.4. The number of carbonyl (C=O) groups excluding carboxylic acids is 2. The molecular weight excluding hydrogens is 650 g/mol. The van der Waals surface area contributed by atoms with Gasteiger partial charge in [0.25, 0.3) is 10.0 Å². The molecule has 0 heterocycles. The van der Waals surface area contributed by atoms with Crippen LogP contribution in [0.4, 0.5) is 5.69 Å². The maximum Gasteiger partial charge on any atom is 0.264 e. The predicted octanol–water partition coefficient (Wildman–Crippen LogP) is 6.82. The minimum atomic E-state index is -4.15. The highest BCUT2D eigenvalue weighted by atomic mass is 79.9. The normalized spacial score (nSPS) is 12.6. The molecule has 0 saturated heterocycles. The third-order valence-corrected chi connectivity index (χ3v) is 10.0. The lowest BCUT2D eigenvalue weighted by Crippen LogP contribution is -2.54. The van der Waals surface area contributed by atoms with Crippen LogP contribution in [0.15, 0.2) is 112 Å². The van der Waals surface area contributed by atoms with E-state index < -0.39 is 28.5 Å². The van der Waals surface area contributed by atoms with E-state index in [9.17, 15) is 18.0 Å². The standard InChI is InChI=1S/C36H40BrN3O4S/c1-5-28(4)38-36(42)34(23-29-13-8-6-9-14-29)39(24-30-15-12-16-31(37)22-30)35(41)25-40(33-21-26(2)19-20-27(33)3)45(43,44)32-17-10-7-11-18-32/h6-22,28,34H,5,23-25H2,1-4H3,(H,38,42)/t28-,34+/m1/s1. The lowest BCUT2D eigenvalue weighted by molar-refractivity contribution is -0.140. The van der Waals surface area contributed by atoms with Gasteiger partial charge in [0.15, 0.2) is 0 Å². The van der Waals surface area contributed by atoms with E-state index in [0.29, 0.717) is 11.3 Å². The minimum Gasteiger partial charge on any atom is -0.352 e. The second-order valence-corrected chi connectivity index (χ2v) is 14.1. The lowest BCUT2D eigenvalue weighted by Gasteiger charge is -2.34. The summed E-state index contributed by atoms with van der Waals surface area (Å²) in [5.74, 6) is -0.781. The van der Waals surface area contributed by atoms with Crippen molar-refractivity contribution in [3.05, 3.63) is 130 Å². The molecule has 7 nitrogen and oxygen atoms in total. The zero-order chi connectivity index (χ0) is 32.6. The zero-order valence-electron chi connectivity index (χ0n) is 26.1. The van der Waals surface area contributed by atoms with Gasteiger partial charge in [-0.15, -0.1) is 0 Å². The van der Waals surface area contributed by atoms with Gasteiger partial charge in [0.05, 0.1) is 10.6 Å². The molecule has 0 fully saturated rings. The number of benzene rings is 4. The van der Waals surface area contributed by atoms with E-state index in [4.69, 9.17) is 0 Å². The van der Waals surface area contributed by atoms with Gasteiger partial charge < -0.3 is 10.2 Å². The van der Waals surface area contributed by atoms with Crippen LogP contribution in [0.25, 0.3) is 0 Å². The van der Waals surface area contributed by atoms with Crippen molar-refractivity contribution in [3.63, 3.8) is 0 Å². The van der Waals surface area contributed by atoms with E-state index >= 15 is 0 Å². The molecule has 0 radical (unpaired) electrons. The molecule has 236 valence electrons. The highest BCUT2D eigenvalue weighted by molar-refractivity contribution is 9.10. The summed E-state index contributed by atoms with van der Waals surface area (Å²) in [6.45, 7) is 7.23. The number of nitrogens with one attached hydrogen (secondary N) is 1. The number of rotatable bonds is 13. The molecule has 0 saturated carbocycles. The first-order valence-electron chi connectivity index (χ1n) is 15.0. The van der Waals surface area contributed by atoms with Gasteiger partial charge in [0.1, 0.15) is 12.6 Å². The number of hydrogen-bond acceptors (Lipinski definition) is 4. The maximum absolute atomic E-state index is 14.6. The summed E-state index contributed by atoms with van der Waals surface area (Å²) in [5, 5.41) is 3.07. The number of aryl methyl sites for hydroxylation is 2. The third-order valence-electron chi connectivity index (χ3n) is 7.76. The molecule has 0 aliphatic rings. The first-order chi connectivity index (χ1) is 21.5. The van der Waals surface area contributed by atoms with E-state index in [1.807, 2.05) is 94.4 Å². The van der Waals surface area contributed by atoms with Crippen LogP contribution in [0.3, 0.4) is 0 Å². The van der Waals surface area contributed by atoms with Crippen LogP contribution < -0.4 is 9.62 Å². The van der Waals surface area contributed by atoms with Crippen molar-refractivity contribution in [1.82, 2.24) is 10.2 Å². The van der Waals surface area contributed by atoms with Crippen molar-refractivity contribution in [3.8, 4) is 0 Å². The zero-order valence-corrected chi connectivity index (χ0v) is 28.5. The molecule has 0 spiro atoms. The van der Waals surface area contributed by atoms with Gasteiger partial charge in [0, 0.05) is 23.5 Å². The highest BCUT2D eigenvalue weighted by Crippen LogP contribution is 2.29. The minimum absolute atomic E-state index is 0.0765. The number of amides is 2. The molecule has 0 unspecified atom stereocenters. The van der Waals surface area contributed by atoms with Crippen molar-refractivity contribution in [1.29, 1.82) is 0 Å². The van der Waals surface area contributed by atoms with Crippen LogP contribution in [-0.2, 0) is 32.6 Å². The Morgan fingerprint density at radius 1 is 0.844 bits per heavy atom. The van der Waals surface area contributed by atoms with E-state index in [2.05, 4.69) is 21.2 Å². The number of halogens is 1. The first kappa shape index (κ1) is 33.9. The van der Waals surface area contributed by atoms with E-state index in [1.165, 1.54) is 21.3 Å². The molecule has 9 heteroatoms. The summed E-state index contributed by atoms with van der Waals surface area (Å²) < 4.78 is 30.4. The van der Waals surface area contributed by atoms with E-state index in [-0.39, 0.29) is 29.8 Å². The quantitative estimate of drug-likeness (QED) is 0.167. The van der Waals surface area contributed by atoms with Gasteiger partial charge in [0.2, 0.25) is 11.8 Å². The van der Waals surface area contributed by atoms with Gasteiger partial charge in [-0.05, 0) is 79.8 Å². The number of anilines is 1. The monoisotopic (exact) mass is 689 g/mol. The summed E-state index contributed by atoms with van der Waals surface area (Å²) in [6.07, 6.45) is 0.983. The van der Waals surface area contributed by atoms with Crippen LogP contribution in [0.5, 0.6) is 0 Å². The molecule has 4 aromatic carbocycles. The lowest BCUT2D eigenvalue weighted by atomic mass is 10.0. The Morgan fingerprint density at radius 3 is 2.13 bits per heavy atom. The first-order valence-corrected chi connectivity index (χ1v) is 17.3. The average Bonchev–Trinajstić information content (AvgIpc) is 3.03. The van der Waals surface area contributed by atoms with Crippen molar-refractivity contribution < 1.29 is 18.0 Å². The molecule has 45 heavy (non-hydrogen) atoms. The van der Waals surface area contributed by atoms with Crippen LogP contribution >= 0.6 is 15.9 Å². The molecule has 2 amide bonds. The fraction of sp³-hybridized carbons (Fsp3) is 0.278. The largest absolute Gasteiger partial charge is 0.352 e. The van der Waals surface area contributed by atoms with Gasteiger partial charge in [-0.3, -0.25) is 13.9 Å². The maximum atomic E-state index is 14.6. The van der Waals surface area contributed by atoms with Crippen molar-refractivity contribution in [2.24, 2.45) is 0 Å². The number of hydrogen-bond donors (Lipinski definition) is 1. The smallest absolute Gasteiger partial charge is 0.264 e. The molecule has 0 bridgehead atoms. The van der Waals surface area contributed by atoms with Gasteiger partial charge in [-0.25, -0.2) is 8.42 Å². The number of nitrogens with zero attached hydrogens (tertiary/aromatic N) is 2. The Balaban J connectivity index is 1.83. The molecule has 0 aliphatic heterocycles. The van der Waals surface area contributed by atoms with Crippen LogP contribution in [0.2, 0.25) is 0 Å². The molecule has 0 aromatic heterocycles. The third kappa shape index (κ3) is 8.83. The van der Waals surface area contributed by atoms with Crippen molar-refractivity contribution in [2.75, 3.05) is 10.8 Å². The molecule has 2 atom stereocenters. The van der Waals surface area contributed by atoms with Crippen LogP contribution in [0.1, 0.15) is 42.5 Å². The van der Waals surface area contributed by atoms with Gasteiger partial charge >= 0.3 is 0 Å². The molecular formula is C36H40BrN3O4S. The van der Waals surface area contributed by atoms with Crippen molar-refractivity contribution in [2.45, 2.75) is 64.1 Å². The SMILES string of the molecule is CC[C@@H](C)NC(=O)[C@H](Cc1ccccc1)N(Cc1cccc(Br)c1)C(=O)CN(c1cc(C)ccc1C)S(=O)(=O)c1ccccc1. The van der Waals surface area contributed by atoms with E-state index in [0.717, 1.165) is 27.6 Å². The number of carbonyl (C=O) groups is 2. The van der Waals surface area contributed by atoms with Crippen LogP contribution in [0, 0.1) is 13.8 Å². The Morgan fingerprint density at radius 2 is 1.49 bits per heavy atom. The Kier molecular flexibility index (Phi) is 11.6.